The first kappa shape index (κ1) is 16.5. The quantitative estimate of drug-likeness (QED) is 0.626. The molecule has 0 aliphatic rings. The Kier molecular flexibility index (Phi) is 5.05. The van der Waals surface area contributed by atoms with Crippen molar-refractivity contribution in [1.82, 2.24) is 9.97 Å². The van der Waals surface area contributed by atoms with Gasteiger partial charge in [-0.05, 0) is 30.2 Å². The van der Waals surface area contributed by atoms with Gasteiger partial charge >= 0.3 is 0 Å². The van der Waals surface area contributed by atoms with Crippen LogP contribution in [-0.4, -0.2) is 9.97 Å². The number of hydrogen-bond acceptors (Lipinski definition) is 4. The monoisotopic (exact) mass is 365 g/mol. The van der Waals surface area contributed by atoms with Gasteiger partial charge in [-0.3, -0.25) is 0 Å². The second-order valence-electron chi connectivity index (χ2n) is 5.22. The lowest BCUT2D eigenvalue weighted by Gasteiger charge is -2.10. The Morgan fingerprint density at radius 1 is 1.09 bits per heavy atom. The standard InChI is InChI=1S/C17H17Cl2N3S/c1-3-12-8-13-16(21-15(4-2)22-17(13)23-12)20-9-10-5-6-11(18)7-14(10)19/h5-8H,3-4,9H2,1-2H3,(H,20,21,22). The number of nitrogens with zero attached hydrogens (tertiary/aromatic N) is 2. The van der Waals surface area contributed by atoms with E-state index in [1.807, 2.05) is 12.1 Å². The van der Waals surface area contributed by atoms with Crippen molar-refractivity contribution in [3.8, 4) is 0 Å². The molecule has 0 bridgehead atoms. The Morgan fingerprint density at radius 2 is 1.91 bits per heavy atom. The summed E-state index contributed by atoms with van der Waals surface area (Å²) in [5.74, 6) is 1.72. The molecule has 3 nitrogen and oxygen atoms in total. The largest absolute Gasteiger partial charge is 0.365 e. The van der Waals surface area contributed by atoms with Crippen LogP contribution in [0, 0.1) is 0 Å². The second-order valence-corrected chi connectivity index (χ2v) is 7.18. The van der Waals surface area contributed by atoms with E-state index >= 15 is 0 Å². The minimum atomic E-state index is 0.600. The van der Waals surface area contributed by atoms with Crippen molar-refractivity contribution >= 4 is 50.6 Å². The Morgan fingerprint density at radius 3 is 2.61 bits per heavy atom. The average Bonchev–Trinajstić information content (AvgIpc) is 2.96. The van der Waals surface area contributed by atoms with Gasteiger partial charge < -0.3 is 5.32 Å². The molecule has 0 aliphatic carbocycles. The van der Waals surface area contributed by atoms with Gasteiger partial charge in [-0.1, -0.05) is 43.1 Å². The Balaban J connectivity index is 1.93. The van der Waals surface area contributed by atoms with E-state index in [2.05, 4.69) is 35.2 Å². The highest BCUT2D eigenvalue weighted by molar-refractivity contribution is 7.18. The highest BCUT2D eigenvalue weighted by atomic mass is 35.5. The van der Waals surface area contributed by atoms with E-state index in [1.54, 1.807) is 17.4 Å². The Hall–Kier alpha value is -1.36. The molecule has 0 amide bonds. The van der Waals surface area contributed by atoms with Crippen LogP contribution < -0.4 is 5.32 Å². The molecule has 0 unspecified atom stereocenters. The normalized spacial score (nSPS) is 11.1. The van der Waals surface area contributed by atoms with Gasteiger partial charge in [-0.25, -0.2) is 9.97 Å². The fraction of sp³-hybridized carbons (Fsp3) is 0.294. The maximum atomic E-state index is 6.24. The van der Waals surface area contributed by atoms with Crippen molar-refractivity contribution in [2.45, 2.75) is 33.2 Å². The van der Waals surface area contributed by atoms with Crippen LogP contribution >= 0.6 is 34.5 Å². The smallest absolute Gasteiger partial charge is 0.138 e. The molecule has 120 valence electrons. The summed E-state index contributed by atoms with van der Waals surface area (Å²) in [5.41, 5.74) is 0.992. The molecule has 0 saturated heterocycles. The zero-order valence-electron chi connectivity index (χ0n) is 13.0. The van der Waals surface area contributed by atoms with Crippen LogP contribution in [0.3, 0.4) is 0 Å². The highest BCUT2D eigenvalue weighted by Gasteiger charge is 2.11. The number of hydrogen-bond donors (Lipinski definition) is 1. The topological polar surface area (TPSA) is 37.8 Å². The number of anilines is 1. The Labute approximate surface area is 149 Å². The average molecular weight is 366 g/mol. The number of thiophene rings is 1. The SMILES string of the molecule is CCc1nc(NCc2ccc(Cl)cc2Cl)c2cc(CC)sc2n1. The fourth-order valence-corrected chi connectivity index (χ4v) is 3.79. The molecule has 23 heavy (non-hydrogen) atoms. The van der Waals surface area contributed by atoms with E-state index in [-0.39, 0.29) is 0 Å². The summed E-state index contributed by atoms with van der Waals surface area (Å²) >= 11 is 13.9. The maximum absolute atomic E-state index is 6.24. The van der Waals surface area contributed by atoms with E-state index in [9.17, 15) is 0 Å². The molecule has 6 heteroatoms. The van der Waals surface area contributed by atoms with E-state index in [4.69, 9.17) is 23.2 Å². The summed E-state index contributed by atoms with van der Waals surface area (Å²) in [6.45, 7) is 4.82. The molecule has 1 aromatic carbocycles. The van der Waals surface area contributed by atoms with Crippen LogP contribution in [0.2, 0.25) is 10.0 Å². The number of aryl methyl sites for hydroxylation is 2. The lowest BCUT2D eigenvalue weighted by molar-refractivity contribution is 0.957. The van der Waals surface area contributed by atoms with Crippen LogP contribution in [0.5, 0.6) is 0 Å². The summed E-state index contributed by atoms with van der Waals surface area (Å²) in [5, 5.41) is 5.78. The van der Waals surface area contributed by atoms with Crippen molar-refractivity contribution in [3.63, 3.8) is 0 Å². The maximum Gasteiger partial charge on any atom is 0.138 e. The lowest BCUT2D eigenvalue weighted by Crippen LogP contribution is -2.05. The minimum Gasteiger partial charge on any atom is -0.365 e. The molecule has 0 saturated carbocycles. The summed E-state index contributed by atoms with van der Waals surface area (Å²) in [4.78, 5) is 11.6. The molecular formula is C17H17Cl2N3S. The highest BCUT2D eigenvalue weighted by Crippen LogP contribution is 2.30. The summed E-state index contributed by atoms with van der Waals surface area (Å²) < 4.78 is 0. The molecule has 0 atom stereocenters. The first-order chi connectivity index (χ1) is 11.1. The number of rotatable bonds is 5. The fourth-order valence-electron chi connectivity index (χ4n) is 2.33. The summed E-state index contributed by atoms with van der Waals surface area (Å²) in [6.07, 6.45) is 1.82. The number of aromatic nitrogens is 2. The van der Waals surface area contributed by atoms with Crippen molar-refractivity contribution < 1.29 is 0 Å². The molecule has 0 spiro atoms. The molecule has 3 aromatic rings. The third-order valence-electron chi connectivity index (χ3n) is 3.62. The van der Waals surface area contributed by atoms with Crippen LogP contribution in [0.4, 0.5) is 5.82 Å². The summed E-state index contributed by atoms with van der Waals surface area (Å²) in [7, 11) is 0. The lowest BCUT2D eigenvalue weighted by atomic mass is 10.2. The number of nitrogens with one attached hydrogen (secondary N) is 1. The number of fused-ring (bicyclic) bond motifs is 1. The van der Waals surface area contributed by atoms with Crippen LogP contribution in [0.15, 0.2) is 24.3 Å². The van der Waals surface area contributed by atoms with Crippen LogP contribution in [-0.2, 0) is 19.4 Å². The van der Waals surface area contributed by atoms with Crippen molar-refractivity contribution in [1.29, 1.82) is 0 Å². The molecule has 1 N–H and O–H groups in total. The van der Waals surface area contributed by atoms with Gasteiger partial charge in [0.15, 0.2) is 0 Å². The third-order valence-corrected chi connectivity index (χ3v) is 5.38. The first-order valence-electron chi connectivity index (χ1n) is 7.57. The predicted molar refractivity (Wildman–Crippen MR) is 100.0 cm³/mol. The molecule has 3 rings (SSSR count). The predicted octanol–water partition coefficient (Wildman–Crippen LogP) is 5.74. The molecule has 2 heterocycles. The number of benzene rings is 1. The zero-order valence-corrected chi connectivity index (χ0v) is 15.3. The van der Waals surface area contributed by atoms with Gasteiger partial charge in [-0.15, -0.1) is 11.3 Å². The van der Waals surface area contributed by atoms with E-state index in [1.165, 1.54) is 4.88 Å². The Bertz CT molecular complexity index is 845. The van der Waals surface area contributed by atoms with Crippen molar-refractivity contribution in [2.24, 2.45) is 0 Å². The molecule has 2 aromatic heterocycles. The van der Waals surface area contributed by atoms with Crippen LogP contribution in [0.1, 0.15) is 30.1 Å². The van der Waals surface area contributed by atoms with Gasteiger partial charge in [0.05, 0.1) is 5.39 Å². The molecule has 0 radical (unpaired) electrons. The van der Waals surface area contributed by atoms with Crippen LogP contribution in [0.25, 0.3) is 10.2 Å². The first-order valence-corrected chi connectivity index (χ1v) is 9.15. The van der Waals surface area contributed by atoms with Crippen molar-refractivity contribution in [3.05, 3.63) is 50.6 Å². The van der Waals surface area contributed by atoms with Gasteiger partial charge in [0.25, 0.3) is 0 Å². The minimum absolute atomic E-state index is 0.600. The molecule has 0 aliphatic heterocycles. The van der Waals surface area contributed by atoms with Gasteiger partial charge in [0.2, 0.25) is 0 Å². The summed E-state index contributed by atoms with van der Waals surface area (Å²) in [6, 6.07) is 7.71. The van der Waals surface area contributed by atoms with Gasteiger partial charge in [0.1, 0.15) is 16.5 Å². The zero-order chi connectivity index (χ0) is 16.4. The van der Waals surface area contributed by atoms with E-state index in [0.717, 1.165) is 40.3 Å². The number of halogens is 2. The van der Waals surface area contributed by atoms with E-state index in [0.29, 0.717) is 16.6 Å². The second kappa shape index (κ2) is 7.04. The third kappa shape index (κ3) is 3.60. The van der Waals surface area contributed by atoms with E-state index < -0.39 is 0 Å². The van der Waals surface area contributed by atoms with Crippen molar-refractivity contribution in [2.75, 3.05) is 5.32 Å². The molecular weight excluding hydrogens is 349 g/mol. The van der Waals surface area contributed by atoms with Gasteiger partial charge in [0, 0.05) is 27.9 Å². The van der Waals surface area contributed by atoms with Gasteiger partial charge in [-0.2, -0.15) is 0 Å². The molecule has 0 fully saturated rings.